The summed E-state index contributed by atoms with van der Waals surface area (Å²) in [6.45, 7) is 2.06. The number of nitrogens with one attached hydrogen (secondary N) is 1. The first-order valence-electron chi connectivity index (χ1n) is 10.4. The highest BCUT2D eigenvalue weighted by atomic mass is 16.2. The molecular formula is C21H28N8O. The molecule has 1 atom stereocenters. The first kappa shape index (κ1) is 20.1. The molecule has 1 aliphatic carbocycles. The van der Waals surface area contributed by atoms with Crippen molar-refractivity contribution in [2.45, 2.75) is 51.1 Å². The maximum absolute atomic E-state index is 13.0. The van der Waals surface area contributed by atoms with Gasteiger partial charge in [-0.05, 0) is 25.3 Å². The van der Waals surface area contributed by atoms with Crippen LogP contribution in [0.4, 0.5) is 17.5 Å². The van der Waals surface area contributed by atoms with Gasteiger partial charge in [-0.15, -0.1) is 0 Å². The van der Waals surface area contributed by atoms with Gasteiger partial charge in [0.1, 0.15) is 11.7 Å². The van der Waals surface area contributed by atoms with Crippen LogP contribution < -0.4 is 14.7 Å². The van der Waals surface area contributed by atoms with Gasteiger partial charge in [0.25, 0.3) is 0 Å². The number of hydrogen-bond acceptors (Lipinski definition) is 7. The Hall–Kier alpha value is -3.23. The van der Waals surface area contributed by atoms with E-state index in [1.165, 1.54) is 19.1 Å². The molecule has 9 nitrogen and oxygen atoms in total. The van der Waals surface area contributed by atoms with Gasteiger partial charge in [0.2, 0.25) is 17.8 Å². The van der Waals surface area contributed by atoms with Crippen molar-refractivity contribution in [2.75, 3.05) is 28.8 Å². The van der Waals surface area contributed by atoms with E-state index in [0.29, 0.717) is 17.9 Å². The number of aromatic nitrogens is 4. The van der Waals surface area contributed by atoms with E-state index in [2.05, 4.69) is 21.8 Å². The molecule has 2 aliphatic rings. The van der Waals surface area contributed by atoms with Gasteiger partial charge in [-0.1, -0.05) is 19.8 Å². The summed E-state index contributed by atoms with van der Waals surface area (Å²) in [5, 5.41) is 7.19. The monoisotopic (exact) mass is 408 g/mol. The average molecular weight is 409 g/mol. The quantitative estimate of drug-likeness (QED) is 0.739. The number of likely N-dealkylation sites (N-methyl/N-ethyl adjacent to an activating group) is 1. The first-order chi connectivity index (χ1) is 14.6. The summed E-state index contributed by atoms with van der Waals surface area (Å²) in [6.07, 6.45) is 15.1. The van der Waals surface area contributed by atoms with E-state index in [4.69, 9.17) is 10.4 Å². The van der Waals surface area contributed by atoms with Gasteiger partial charge in [0.15, 0.2) is 5.82 Å². The van der Waals surface area contributed by atoms with Crippen LogP contribution in [0.15, 0.2) is 30.9 Å². The van der Waals surface area contributed by atoms with Crippen LogP contribution >= 0.6 is 0 Å². The number of imidazole rings is 1. The summed E-state index contributed by atoms with van der Waals surface area (Å²) in [7, 11) is 3.67. The van der Waals surface area contributed by atoms with E-state index in [9.17, 15) is 4.79 Å². The fourth-order valence-corrected chi connectivity index (χ4v) is 4.44. The van der Waals surface area contributed by atoms with E-state index in [-0.39, 0.29) is 11.9 Å². The highest BCUT2D eigenvalue weighted by Gasteiger charge is 2.41. The molecule has 1 amide bonds. The second-order valence-electron chi connectivity index (χ2n) is 7.76. The lowest BCUT2D eigenvalue weighted by atomic mass is 10.0. The van der Waals surface area contributed by atoms with Crippen LogP contribution in [0.1, 0.15) is 39.0 Å². The first-order valence-corrected chi connectivity index (χ1v) is 10.4. The molecule has 0 saturated heterocycles. The molecule has 30 heavy (non-hydrogen) atoms. The van der Waals surface area contributed by atoms with Gasteiger partial charge in [0.05, 0.1) is 6.20 Å². The summed E-state index contributed by atoms with van der Waals surface area (Å²) in [5.41, 5.74) is 0.749. The Labute approximate surface area is 176 Å². The van der Waals surface area contributed by atoms with E-state index >= 15 is 0 Å². The van der Waals surface area contributed by atoms with Crippen molar-refractivity contribution >= 4 is 29.6 Å². The molecule has 1 saturated carbocycles. The number of amides is 1. The predicted octanol–water partition coefficient (Wildman–Crippen LogP) is 2.77. The normalized spacial score (nSPS) is 19.6. The summed E-state index contributed by atoms with van der Waals surface area (Å²) in [5.74, 6) is 2.08. The molecule has 0 aromatic carbocycles. The molecule has 4 rings (SSSR count). The molecule has 9 heteroatoms. The topological polar surface area (TPSA) is 94.2 Å². The molecular weight excluding hydrogens is 380 g/mol. The Kier molecular flexibility index (Phi) is 5.52. The third-order valence-corrected chi connectivity index (χ3v) is 5.96. The minimum absolute atomic E-state index is 0.105. The summed E-state index contributed by atoms with van der Waals surface area (Å²) >= 11 is 0. The second kappa shape index (κ2) is 8.25. The molecule has 1 N–H and O–H groups in total. The van der Waals surface area contributed by atoms with Crippen molar-refractivity contribution in [1.29, 1.82) is 5.41 Å². The van der Waals surface area contributed by atoms with E-state index < -0.39 is 0 Å². The zero-order valence-electron chi connectivity index (χ0n) is 17.7. The van der Waals surface area contributed by atoms with Crippen LogP contribution in [0.5, 0.6) is 0 Å². The number of fused-ring (bicyclic) bond motifs is 1. The standard InChI is InChI=1S/C21H28N8O/c1-4-16-19(30)27(3)17-14-24-20(25-18(17)29(16)15-8-5-6-9-15)28-13-11-23-21(28)26(2)12-7-10-22/h7,10-16,22H,4-6,8-9H2,1-3H3/b12-7-,22-10?/t16-/m1/s1. The van der Waals surface area contributed by atoms with Gasteiger partial charge >= 0.3 is 0 Å². The van der Waals surface area contributed by atoms with Gasteiger partial charge in [-0.25, -0.2) is 9.97 Å². The Bertz CT molecular complexity index is 962. The molecule has 2 aromatic heterocycles. The highest BCUT2D eigenvalue weighted by Crippen LogP contribution is 2.39. The molecule has 1 fully saturated rings. The lowest BCUT2D eigenvalue weighted by Crippen LogP contribution is -2.55. The molecule has 158 valence electrons. The van der Waals surface area contributed by atoms with Crippen LogP contribution in [-0.2, 0) is 4.79 Å². The minimum atomic E-state index is -0.200. The van der Waals surface area contributed by atoms with Crippen molar-refractivity contribution in [3.8, 4) is 5.95 Å². The van der Waals surface area contributed by atoms with Crippen molar-refractivity contribution in [2.24, 2.45) is 0 Å². The minimum Gasteiger partial charge on any atom is -0.340 e. The van der Waals surface area contributed by atoms with Crippen LogP contribution in [0.3, 0.4) is 0 Å². The van der Waals surface area contributed by atoms with Crippen LogP contribution in [0, 0.1) is 5.41 Å². The maximum atomic E-state index is 13.0. The van der Waals surface area contributed by atoms with Crippen molar-refractivity contribution in [1.82, 2.24) is 19.5 Å². The number of carbonyl (C=O) groups is 1. The Balaban J connectivity index is 1.80. The smallest absolute Gasteiger partial charge is 0.249 e. The fraction of sp³-hybridized carbons (Fsp3) is 0.476. The SMILES string of the molecule is CC[C@@H]1C(=O)N(C)c2cnc(-n3ccnc3N(C)/C=C\C=N)nc2N1C1CCCC1. The highest BCUT2D eigenvalue weighted by molar-refractivity contribution is 6.04. The number of hydrogen-bond donors (Lipinski definition) is 1. The number of nitrogens with zero attached hydrogens (tertiary/aromatic N) is 7. The molecule has 0 bridgehead atoms. The third kappa shape index (κ3) is 3.34. The van der Waals surface area contributed by atoms with E-state index in [1.807, 2.05) is 22.7 Å². The van der Waals surface area contributed by atoms with Gasteiger partial charge in [-0.2, -0.15) is 4.98 Å². The van der Waals surface area contributed by atoms with Crippen molar-refractivity contribution in [3.05, 3.63) is 30.9 Å². The zero-order valence-corrected chi connectivity index (χ0v) is 17.7. The van der Waals surface area contributed by atoms with Crippen LogP contribution in [-0.4, -0.2) is 57.8 Å². The Morgan fingerprint density at radius 2 is 2.07 bits per heavy atom. The lowest BCUT2D eigenvalue weighted by molar-refractivity contribution is -0.120. The zero-order chi connectivity index (χ0) is 21.3. The van der Waals surface area contributed by atoms with E-state index in [1.54, 1.807) is 36.6 Å². The number of anilines is 3. The van der Waals surface area contributed by atoms with Crippen molar-refractivity contribution < 1.29 is 4.79 Å². The maximum Gasteiger partial charge on any atom is 0.249 e. The average Bonchev–Trinajstić information content (AvgIpc) is 3.46. The second-order valence-corrected chi connectivity index (χ2v) is 7.76. The summed E-state index contributed by atoms with van der Waals surface area (Å²) in [6, 6.07) is 0.128. The van der Waals surface area contributed by atoms with Crippen LogP contribution in [0.25, 0.3) is 5.95 Å². The Morgan fingerprint density at radius 1 is 1.30 bits per heavy atom. The predicted molar refractivity (Wildman–Crippen MR) is 118 cm³/mol. The molecule has 2 aromatic rings. The van der Waals surface area contributed by atoms with Gasteiger partial charge in [0, 0.05) is 44.9 Å². The summed E-state index contributed by atoms with van der Waals surface area (Å²) < 4.78 is 1.82. The molecule has 0 radical (unpaired) electrons. The number of allylic oxidation sites excluding steroid dienone is 1. The largest absolute Gasteiger partial charge is 0.340 e. The van der Waals surface area contributed by atoms with E-state index in [0.717, 1.165) is 30.8 Å². The molecule has 3 heterocycles. The van der Waals surface area contributed by atoms with Gasteiger partial charge in [-0.3, -0.25) is 9.36 Å². The number of carbonyl (C=O) groups excluding carboxylic acids is 1. The van der Waals surface area contributed by atoms with Crippen LogP contribution in [0.2, 0.25) is 0 Å². The van der Waals surface area contributed by atoms with Crippen molar-refractivity contribution in [3.63, 3.8) is 0 Å². The third-order valence-electron chi connectivity index (χ3n) is 5.96. The summed E-state index contributed by atoms with van der Waals surface area (Å²) in [4.78, 5) is 32.7. The molecule has 0 unspecified atom stereocenters. The van der Waals surface area contributed by atoms with Gasteiger partial charge < -0.3 is 20.1 Å². The Morgan fingerprint density at radius 3 is 2.77 bits per heavy atom. The lowest BCUT2D eigenvalue weighted by Gasteiger charge is -2.43. The fourth-order valence-electron chi connectivity index (χ4n) is 4.44. The molecule has 1 aliphatic heterocycles. The molecule has 0 spiro atoms. The number of rotatable bonds is 6.